The van der Waals surface area contributed by atoms with Gasteiger partial charge in [0.25, 0.3) is 0 Å². The van der Waals surface area contributed by atoms with Crippen LogP contribution in [-0.4, -0.2) is 41.0 Å². The highest BCUT2D eigenvalue weighted by atomic mass is 79.9. The minimum atomic E-state index is -0.229. The highest BCUT2D eigenvalue weighted by Gasteiger charge is 2.20. The minimum absolute atomic E-state index is 0.229. The van der Waals surface area contributed by atoms with E-state index >= 15 is 0 Å². The number of hydrogen-bond acceptors (Lipinski definition) is 4. The molecular formula is C15H16BrFN4. The monoisotopic (exact) mass is 350 g/mol. The van der Waals surface area contributed by atoms with Crippen molar-refractivity contribution in [1.29, 1.82) is 0 Å². The first kappa shape index (κ1) is 14.4. The molecule has 3 rings (SSSR count). The first-order valence-corrected chi connectivity index (χ1v) is 7.70. The lowest BCUT2D eigenvalue weighted by atomic mass is 10.2. The molecule has 6 heteroatoms. The highest BCUT2D eigenvalue weighted by molar-refractivity contribution is 9.10. The van der Waals surface area contributed by atoms with Crippen molar-refractivity contribution in [1.82, 2.24) is 14.9 Å². The number of nitrogens with zero attached hydrogens (tertiary/aromatic N) is 4. The van der Waals surface area contributed by atoms with E-state index < -0.39 is 0 Å². The van der Waals surface area contributed by atoms with Crippen molar-refractivity contribution in [3.8, 4) is 0 Å². The van der Waals surface area contributed by atoms with Crippen molar-refractivity contribution in [3.05, 3.63) is 52.6 Å². The largest absolute Gasteiger partial charge is 0.353 e. The summed E-state index contributed by atoms with van der Waals surface area (Å²) in [5, 5.41) is 0. The molecule has 0 atom stereocenters. The molecular weight excluding hydrogens is 335 g/mol. The number of anilines is 1. The zero-order chi connectivity index (χ0) is 14.7. The first-order valence-electron chi connectivity index (χ1n) is 6.91. The quantitative estimate of drug-likeness (QED) is 0.851. The third-order valence-electron chi connectivity index (χ3n) is 3.62. The third-order valence-corrected chi connectivity index (χ3v) is 4.24. The molecule has 0 amide bonds. The average molecular weight is 351 g/mol. The van der Waals surface area contributed by atoms with Gasteiger partial charge in [-0.3, -0.25) is 9.88 Å². The van der Waals surface area contributed by atoms with Gasteiger partial charge in [-0.15, -0.1) is 0 Å². The lowest BCUT2D eigenvalue weighted by Gasteiger charge is -2.35. The van der Waals surface area contributed by atoms with Crippen LogP contribution in [0.15, 0.2) is 41.1 Å². The highest BCUT2D eigenvalue weighted by Crippen LogP contribution is 2.24. The zero-order valence-electron chi connectivity index (χ0n) is 11.5. The van der Waals surface area contributed by atoms with E-state index in [1.807, 2.05) is 12.1 Å². The van der Waals surface area contributed by atoms with Crippen LogP contribution in [0.4, 0.5) is 10.2 Å². The van der Waals surface area contributed by atoms with Gasteiger partial charge in [-0.05, 0) is 40.2 Å². The van der Waals surface area contributed by atoms with Crippen LogP contribution in [0.2, 0.25) is 0 Å². The number of halogens is 2. The van der Waals surface area contributed by atoms with E-state index in [9.17, 15) is 4.39 Å². The van der Waals surface area contributed by atoms with Crippen molar-refractivity contribution >= 4 is 21.7 Å². The second kappa shape index (κ2) is 6.49. The standard InChI is InChI=1S/C15H16BrFN4/c16-12-3-1-6-19-15(12)21-9-7-20(8-10-21)11-14-13(17)4-2-5-18-14/h1-6H,7-11H2. The molecule has 1 saturated heterocycles. The van der Waals surface area contributed by atoms with Crippen LogP contribution >= 0.6 is 15.9 Å². The summed E-state index contributed by atoms with van der Waals surface area (Å²) in [4.78, 5) is 13.0. The van der Waals surface area contributed by atoms with E-state index in [0.29, 0.717) is 12.2 Å². The van der Waals surface area contributed by atoms with Gasteiger partial charge >= 0.3 is 0 Å². The molecule has 0 N–H and O–H groups in total. The number of hydrogen-bond donors (Lipinski definition) is 0. The van der Waals surface area contributed by atoms with Crippen molar-refractivity contribution in [2.24, 2.45) is 0 Å². The van der Waals surface area contributed by atoms with Crippen LogP contribution < -0.4 is 4.90 Å². The van der Waals surface area contributed by atoms with Crippen LogP contribution in [0.1, 0.15) is 5.69 Å². The van der Waals surface area contributed by atoms with Crippen molar-refractivity contribution in [2.75, 3.05) is 31.1 Å². The normalized spacial score (nSPS) is 16.2. The molecule has 1 aliphatic rings. The summed E-state index contributed by atoms with van der Waals surface area (Å²) in [5.74, 6) is 0.744. The molecule has 21 heavy (non-hydrogen) atoms. The van der Waals surface area contributed by atoms with Crippen molar-refractivity contribution in [2.45, 2.75) is 6.54 Å². The maximum Gasteiger partial charge on any atom is 0.146 e. The Morgan fingerprint density at radius 2 is 1.76 bits per heavy atom. The summed E-state index contributed by atoms with van der Waals surface area (Å²) < 4.78 is 14.6. The second-order valence-corrected chi connectivity index (χ2v) is 5.86. The van der Waals surface area contributed by atoms with E-state index in [2.05, 4.69) is 35.7 Å². The summed E-state index contributed by atoms with van der Waals surface area (Å²) in [6.45, 7) is 4.07. The molecule has 3 heterocycles. The molecule has 0 radical (unpaired) electrons. The van der Waals surface area contributed by atoms with Gasteiger partial charge in [0.1, 0.15) is 11.6 Å². The Bertz CT molecular complexity index is 614. The lowest BCUT2D eigenvalue weighted by molar-refractivity contribution is 0.243. The fourth-order valence-electron chi connectivity index (χ4n) is 2.47. The summed E-state index contributed by atoms with van der Waals surface area (Å²) in [7, 11) is 0. The maximum atomic E-state index is 13.6. The molecule has 0 saturated carbocycles. The number of rotatable bonds is 3. The first-order chi connectivity index (χ1) is 10.2. The number of piperazine rings is 1. The van der Waals surface area contributed by atoms with Gasteiger partial charge in [0.15, 0.2) is 0 Å². The Balaban J connectivity index is 1.61. The van der Waals surface area contributed by atoms with E-state index in [0.717, 1.165) is 36.5 Å². The van der Waals surface area contributed by atoms with E-state index in [-0.39, 0.29) is 5.82 Å². The smallest absolute Gasteiger partial charge is 0.146 e. The molecule has 4 nitrogen and oxygen atoms in total. The van der Waals surface area contributed by atoms with Crippen LogP contribution in [0.25, 0.3) is 0 Å². The Hall–Kier alpha value is -1.53. The van der Waals surface area contributed by atoms with Gasteiger partial charge in [0, 0.05) is 45.1 Å². The van der Waals surface area contributed by atoms with Gasteiger partial charge in [-0.25, -0.2) is 9.37 Å². The molecule has 1 fully saturated rings. The van der Waals surface area contributed by atoms with Crippen molar-refractivity contribution in [3.63, 3.8) is 0 Å². The minimum Gasteiger partial charge on any atom is -0.353 e. The molecule has 0 bridgehead atoms. The van der Waals surface area contributed by atoms with Gasteiger partial charge in [-0.1, -0.05) is 0 Å². The van der Waals surface area contributed by atoms with E-state index in [1.54, 1.807) is 18.5 Å². The average Bonchev–Trinajstić information content (AvgIpc) is 2.51. The fraction of sp³-hybridized carbons (Fsp3) is 0.333. The molecule has 2 aromatic rings. The predicted molar refractivity (Wildman–Crippen MR) is 83.6 cm³/mol. The summed E-state index contributed by atoms with van der Waals surface area (Å²) in [5.41, 5.74) is 0.518. The Kier molecular flexibility index (Phi) is 4.45. The van der Waals surface area contributed by atoms with Crippen LogP contribution in [-0.2, 0) is 6.54 Å². The van der Waals surface area contributed by atoms with Gasteiger partial charge in [-0.2, -0.15) is 0 Å². The predicted octanol–water partition coefficient (Wildman–Crippen LogP) is 2.70. The van der Waals surface area contributed by atoms with Crippen LogP contribution in [0.3, 0.4) is 0 Å². The molecule has 0 aromatic carbocycles. The van der Waals surface area contributed by atoms with Crippen LogP contribution in [0, 0.1) is 5.82 Å². The second-order valence-electron chi connectivity index (χ2n) is 5.00. The van der Waals surface area contributed by atoms with Gasteiger partial charge in [0.05, 0.1) is 10.2 Å². The van der Waals surface area contributed by atoms with E-state index in [1.165, 1.54) is 6.07 Å². The Labute approximate surface area is 131 Å². The summed E-state index contributed by atoms with van der Waals surface area (Å²) in [6, 6.07) is 6.99. The molecule has 0 spiro atoms. The fourth-order valence-corrected chi connectivity index (χ4v) is 2.98. The lowest BCUT2D eigenvalue weighted by Crippen LogP contribution is -2.46. The van der Waals surface area contributed by atoms with Gasteiger partial charge < -0.3 is 4.90 Å². The number of pyridine rings is 2. The summed E-state index contributed by atoms with van der Waals surface area (Å²) >= 11 is 3.53. The Morgan fingerprint density at radius 3 is 2.48 bits per heavy atom. The molecule has 1 aliphatic heterocycles. The van der Waals surface area contributed by atoms with Crippen LogP contribution in [0.5, 0.6) is 0 Å². The third kappa shape index (κ3) is 3.39. The van der Waals surface area contributed by atoms with E-state index in [4.69, 9.17) is 0 Å². The van der Waals surface area contributed by atoms with Gasteiger partial charge in [0.2, 0.25) is 0 Å². The molecule has 0 unspecified atom stereocenters. The van der Waals surface area contributed by atoms with Crippen molar-refractivity contribution < 1.29 is 4.39 Å². The molecule has 0 aliphatic carbocycles. The summed E-state index contributed by atoms with van der Waals surface area (Å²) in [6.07, 6.45) is 3.44. The molecule has 110 valence electrons. The maximum absolute atomic E-state index is 13.6. The SMILES string of the molecule is Fc1cccnc1CN1CCN(c2ncccc2Br)CC1. The number of aromatic nitrogens is 2. The topological polar surface area (TPSA) is 32.3 Å². The molecule has 2 aromatic heterocycles. The zero-order valence-corrected chi connectivity index (χ0v) is 13.1. The Morgan fingerprint density at radius 1 is 1.05 bits per heavy atom.